The van der Waals surface area contributed by atoms with Gasteiger partial charge in [0.25, 0.3) is 10.0 Å². The number of likely N-dealkylation sites (N-methyl/N-ethyl adjacent to an activating group) is 1. The van der Waals surface area contributed by atoms with Crippen LogP contribution in [0.1, 0.15) is 31.4 Å². The summed E-state index contributed by atoms with van der Waals surface area (Å²) in [5, 5.41) is 3.56. The lowest BCUT2D eigenvalue weighted by atomic mass is 10.1. The normalized spacial score (nSPS) is 12.1. The summed E-state index contributed by atoms with van der Waals surface area (Å²) < 4.78 is 29.0. The molecule has 7 nitrogen and oxygen atoms in total. The molecule has 2 amide bonds. The minimum Gasteiger partial charge on any atom is -0.355 e. The number of rotatable bonds is 12. The number of anilines is 1. The van der Waals surface area contributed by atoms with Gasteiger partial charge in [-0.05, 0) is 80.6 Å². The van der Waals surface area contributed by atoms with E-state index < -0.39 is 28.5 Å². The molecule has 40 heavy (non-hydrogen) atoms. The fourth-order valence-electron chi connectivity index (χ4n) is 4.16. The van der Waals surface area contributed by atoms with Gasteiger partial charge in [-0.2, -0.15) is 0 Å². The molecular weight excluding hydrogens is 589 g/mol. The average Bonchev–Trinajstić information content (AvgIpc) is 2.93. The fraction of sp³-hybridized carbons (Fsp3) is 0.310. The molecule has 3 aromatic carbocycles. The first kappa shape index (κ1) is 31.8. The number of thioether (sulfide) groups is 1. The molecule has 0 radical (unpaired) electrons. The number of halogens is 2. The zero-order valence-corrected chi connectivity index (χ0v) is 26.0. The molecule has 0 aliphatic rings. The molecule has 0 spiro atoms. The summed E-state index contributed by atoms with van der Waals surface area (Å²) in [5.74, 6) is -0.880. The van der Waals surface area contributed by atoms with E-state index in [1.165, 1.54) is 28.8 Å². The summed E-state index contributed by atoms with van der Waals surface area (Å²) in [4.78, 5) is 29.4. The lowest BCUT2D eigenvalue weighted by molar-refractivity contribution is -0.140. The quantitative estimate of drug-likeness (QED) is 0.245. The molecule has 0 saturated carbocycles. The fourth-order valence-corrected chi connectivity index (χ4v) is 6.45. The number of sulfonamides is 1. The van der Waals surface area contributed by atoms with Gasteiger partial charge >= 0.3 is 0 Å². The first-order valence-electron chi connectivity index (χ1n) is 12.8. The van der Waals surface area contributed by atoms with E-state index >= 15 is 0 Å². The van der Waals surface area contributed by atoms with E-state index in [0.717, 1.165) is 14.8 Å². The van der Waals surface area contributed by atoms with Crippen molar-refractivity contribution in [3.05, 3.63) is 87.9 Å². The van der Waals surface area contributed by atoms with Crippen LogP contribution in [0.5, 0.6) is 0 Å². The molecule has 11 heteroatoms. The van der Waals surface area contributed by atoms with Gasteiger partial charge in [0, 0.05) is 28.0 Å². The molecule has 214 valence electrons. The third-order valence-electron chi connectivity index (χ3n) is 6.34. The molecular formula is C29H33Cl2N3O4S2. The molecule has 0 aliphatic heterocycles. The van der Waals surface area contributed by atoms with Crippen molar-refractivity contribution in [1.82, 2.24) is 10.2 Å². The first-order valence-corrected chi connectivity index (χ1v) is 16.2. The van der Waals surface area contributed by atoms with Gasteiger partial charge in [-0.3, -0.25) is 13.9 Å². The number of nitrogens with one attached hydrogen (secondary N) is 1. The van der Waals surface area contributed by atoms with Gasteiger partial charge in [0.2, 0.25) is 11.8 Å². The third-order valence-corrected chi connectivity index (χ3v) is 9.46. The van der Waals surface area contributed by atoms with E-state index in [1.807, 2.05) is 13.2 Å². The van der Waals surface area contributed by atoms with Crippen LogP contribution < -0.4 is 9.62 Å². The predicted molar refractivity (Wildman–Crippen MR) is 164 cm³/mol. The summed E-state index contributed by atoms with van der Waals surface area (Å²) in [6.07, 6.45) is 2.22. The SMILES string of the molecule is CCNC(=O)[C@@H](CC)N(Cc1ccc(Cl)cc1Cl)C(=O)CN(c1ccc(C)cc1)S(=O)(=O)c1ccc(SC)cc1. The van der Waals surface area contributed by atoms with Crippen LogP contribution in [-0.4, -0.2) is 50.5 Å². The van der Waals surface area contributed by atoms with Crippen molar-refractivity contribution < 1.29 is 18.0 Å². The second kappa shape index (κ2) is 14.3. The van der Waals surface area contributed by atoms with Crippen LogP contribution >= 0.6 is 35.0 Å². The van der Waals surface area contributed by atoms with Crippen molar-refractivity contribution in [2.24, 2.45) is 0 Å². The monoisotopic (exact) mass is 621 g/mol. The summed E-state index contributed by atoms with van der Waals surface area (Å²) in [5.41, 5.74) is 1.86. The largest absolute Gasteiger partial charge is 0.355 e. The molecule has 3 rings (SSSR count). The van der Waals surface area contributed by atoms with Crippen LogP contribution in [-0.2, 0) is 26.2 Å². The Morgan fingerprint density at radius 2 is 1.62 bits per heavy atom. The Balaban J connectivity index is 2.07. The Bertz CT molecular complexity index is 1430. The molecule has 0 unspecified atom stereocenters. The molecule has 0 saturated heterocycles. The van der Waals surface area contributed by atoms with Crippen molar-refractivity contribution >= 4 is 62.5 Å². The molecule has 1 N–H and O–H groups in total. The number of hydrogen-bond donors (Lipinski definition) is 1. The smallest absolute Gasteiger partial charge is 0.264 e. The second-order valence-corrected chi connectivity index (χ2v) is 12.7. The maximum atomic E-state index is 14.0. The van der Waals surface area contributed by atoms with Crippen molar-refractivity contribution in [3.8, 4) is 0 Å². The summed E-state index contributed by atoms with van der Waals surface area (Å²) in [7, 11) is -4.14. The molecule has 0 fully saturated rings. The number of benzene rings is 3. The van der Waals surface area contributed by atoms with Crippen molar-refractivity contribution in [3.63, 3.8) is 0 Å². The molecule has 3 aromatic rings. The van der Waals surface area contributed by atoms with E-state index in [0.29, 0.717) is 34.3 Å². The highest BCUT2D eigenvalue weighted by molar-refractivity contribution is 7.98. The van der Waals surface area contributed by atoms with Crippen molar-refractivity contribution in [1.29, 1.82) is 0 Å². The van der Waals surface area contributed by atoms with Crippen LogP contribution in [0.4, 0.5) is 5.69 Å². The van der Waals surface area contributed by atoms with Gasteiger partial charge < -0.3 is 10.2 Å². The average molecular weight is 623 g/mol. The minimum atomic E-state index is -4.14. The zero-order valence-electron chi connectivity index (χ0n) is 22.9. The van der Waals surface area contributed by atoms with E-state index in [2.05, 4.69) is 5.32 Å². The summed E-state index contributed by atoms with van der Waals surface area (Å²) >= 11 is 14.0. The molecule has 0 aromatic heterocycles. The first-order chi connectivity index (χ1) is 19.0. The molecule has 0 heterocycles. The number of carbonyl (C=O) groups excluding carboxylic acids is 2. The summed E-state index contributed by atoms with van der Waals surface area (Å²) in [6, 6.07) is 17.5. The van der Waals surface area contributed by atoms with Gasteiger partial charge in [-0.15, -0.1) is 11.8 Å². The van der Waals surface area contributed by atoms with Gasteiger partial charge in [0.1, 0.15) is 12.6 Å². The van der Waals surface area contributed by atoms with Crippen LogP contribution in [0.2, 0.25) is 10.0 Å². The Labute approximate surface area is 250 Å². The van der Waals surface area contributed by atoms with Gasteiger partial charge in [0.05, 0.1) is 10.6 Å². The van der Waals surface area contributed by atoms with E-state index in [9.17, 15) is 18.0 Å². The maximum absolute atomic E-state index is 14.0. The standard InChI is InChI=1S/C29H33Cl2N3O4S2/c1-5-27(29(36)32-6-2)33(18-21-9-10-22(30)17-26(21)31)28(35)19-34(23-11-7-20(3)8-12-23)40(37,38)25-15-13-24(39-4)14-16-25/h7-17,27H,5-6,18-19H2,1-4H3,(H,32,36)/t27-/m1/s1. The minimum absolute atomic E-state index is 0.00528. The molecule has 0 aliphatic carbocycles. The highest BCUT2D eigenvalue weighted by atomic mass is 35.5. The highest BCUT2D eigenvalue weighted by Gasteiger charge is 2.33. The van der Waals surface area contributed by atoms with Gasteiger partial charge in [-0.25, -0.2) is 8.42 Å². The van der Waals surface area contributed by atoms with Crippen molar-refractivity contribution in [2.75, 3.05) is 23.7 Å². The summed E-state index contributed by atoms with van der Waals surface area (Å²) in [6.45, 7) is 5.34. The highest BCUT2D eigenvalue weighted by Crippen LogP contribution is 2.28. The number of amides is 2. The Morgan fingerprint density at radius 3 is 2.17 bits per heavy atom. The number of hydrogen-bond acceptors (Lipinski definition) is 5. The zero-order chi connectivity index (χ0) is 29.4. The predicted octanol–water partition coefficient (Wildman–Crippen LogP) is 6.16. The topological polar surface area (TPSA) is 86.8 Å². The third kappa shape index (κ3) is 7.72. The number of nitrogens with zero attached hydrogens (tertiary/aromatic N) is 2. The Kier molecular flexibility index (Phi) is 11.3. The van der Waals surface area contributed by atoms with Crippen LogP contribution in [0.15, 0.2) is 76.5 Å². The van der Waals surface area contributed by atoms with Gasteiger partial charge in [0.15, 0.2) is 0 Å². The number of carbonyl (C=O) groups is 2. The van der Waals surface area contributed by atoms with Gasteiger partial charge in [-0.1, -0.05) is 53.9 Å². The molecule has 1 atom stereocenters. The lowest BCUT2D eigenvalue weighted by Crippen LogP contribution is -2.52. The van der Waals surface area contributed by atoms with E-state index in [4.69, 9.17) is 23.2 Å². The molecule has 0 bridgehead atoms. The van der Waals surface area contributed by atoms with Crippen LogP contribution in [0.3, 0.4) is 0 Å². The van der Waals surface area contributed by atoms with Crippen LogP contribution in [0.25, 0.3) is 0 Å². The maximum Gasteiger partial charge on any atom is 0.264 e. The second-order valence-electron chi connectivity index (χ2n) is 9.10. The van der Waals surface area contributed by atoms with Crippen LogP contribution in [0, 0.1) is 6.92 Å². The lowest BCUT2D eigenvalue weighted by Gasteiger charge is -2.33. The van der Waals surface area contributed by atoms with Crippen molar-refractivity contribution in [2.45, 2.75) is 49.6 Å². The Hall–Kier alpha value is -2.72. The van der Waals surface area contributed by atoms with E-state index in [-0.39, 0.29) is 17.3 Å². The Morgan fingerprint density at radius 1 is 0.975 bits per heavy atom. The number of aryl methyl sites for hydroxylation is 1. The van der Waals surface area contributed by atoms with E-state index in [1.54, 1.807) is 68.4 Å².